The lowest BCUT2D eigenvalue weighted by atomic mass is 10.2. The summed E-state index contributed by atoms with van der Waals surface area (Å²) >= 11 is 11.8. The van der Waals surface area contributed by atoms with Gasteiger partial charge in [0, 0.05) is 37.6 Å². The molecule has 0 radical (unpaired) electrons. The molecule has 1 fully saturated rings. The molecule has 0 aliphatic carbocycles. The van der Waals surface area contributed by atoms with Crippen LogP contribution in [-0.4, -0.2) is 48.6 Å². The molecule has 3 rings (SSSR count). The summed E-state index contributed by atoms with van der Waals surface area (Å²) in [5.74, 6) is 1.80. The minimum absolute atomic E-state index is 0.170. The minimum Gasteiger partial charge on any atom is -0.494 e. The SMILES string of the molecule is O=C(CCCOc1ccc(Cl)cc1)N1CCN(c2cccc(Cl)n2)CC1. The number of hydrogen-bond donors (Lipinski definition) is 0. The molecular formula is C19H21Cl2N3O2. The quantitative estimate of drug-likeness (QED) is 0.551. The van der Waals surface area contributed by atoms with Gasteiger partial charge in [0.15, 0.2) is 0 Å². The van der Waals surface area contributed by atoms with E-state index in [9.17, 15) is 4.79 Å². The summed E-state index contributed by atoms with van der Waals surface area (Å²) in [5, 5.41) is 1.17. The fourth-order valence-electron chi connectivity index (χ4n) is 2.86. The summed E-state index contributed by atoms with van der Waals surface area (Å²) < 4.78 is 5.63. The predicted molar refractivity (Wildman–Crippen MR) is 104 cm³/mol. The molecule has 0 unspecified atom stereocenters. The fraction of sp³-hybridized carbons (Fsp3) is 0.368. The number of hydrogen-bond acceptors (Lipinski definition) is 4. The molecule has 2 aromatic rings. The van der Waals surface area contributed by atoms with Gasteiger partial charge in [-0.05, 0) is 42.8 Å². The van der Waals surface area contributed by atoms with Crippen LogP contribution in [0.5, 0.6) is 5.75 Å². The molecule has 0 atom stereocenters. The third-order valence-corrected chi connectivity index (χ3v) is 4.74. The zero-order valence-corrected chi connectivity index (χ0v) is 15.9. The van der Waals surface area contributed by atoms with Crippen LogP contribution >= 0.6 is 23.2 Å². The molecule has 5 nitrogen and oxygen atoms in total. The van der Waals surface area contributed by atoms with Gasteiger partial charge in [-0.2, -0.15) is 0 Å². The first-order valence-electron chi connectivity index (χ1n) is 8.65. The molecule has 1 aliphatic rings. The smallest absolute Gasteiger partial charge is 0.222 e. The normalized spacial score (nSPS) is 14.4. The highest BCUT2D eigenvalue weighted by atomic mass is 35.5. The number of carbonyl (C=O) groups is 1. The van der Waals surface area contributed by atoms with Crippen molar-refractivity contribution in [2.24, 2.45) is 0 Å². The number of ether oxygens (including phenoxy) is 1. The Balaban J connectivity index is 1.37. The van der Waals surface area contributed by atoms with Crippen LogP contribution in [0.15, 0.2) is 42.5 Å². The van der Waals surface area contributed by atoms with E-state index < -0.39 is 0 Å². The van der Waals surface area contributed by atoms with Crippen LogP contribution in [0.2, 0.25) is 10.2 Å². The Kier molecular flexibility index (Phi) is 6.58. The molecule has 0 spiro atoms. The summed E-state index contributed by atoms with van der Waals surface area (Å²) in [5.41, 5.74) is 0. The van der Waals surface area contributed by atoms with Gasteiger partial charge < -0.3 is 14.5 Å². The lowest BCUT2D eigenvalue weighted by molar-refractivity contribution is -0.131. The third kappa shape index (κ3) is 5.26. The summed E-state index contributed by atoms with van der Waals surface area (Å²) in [7, 11) is 0. The van der Waals surface area contributed by atoms with Gasteiger partial charge in [-0.1, -0.05) is 29.3 Å². The molecule has 7 heteroatoms. The molecule has 1 saturated heterocycles. The van der Waals surface area contributed by atoms with Crippen LogP contribution in [0.25, 0.3) is 0 Å². The fourth-order valence-corrected chi connectivity index (χ4v) is 3.15. The number of rotatable bonds is 6. The van der Waals surface area contributed by atoms with Gasteiger partial charge in [0.2, 0.25) is 5.91 Å². The Morgan fingerprint density at radius 1 is 1.04 bits per heavy atom. The molecule has 0 N–H and O–H groups in total. The predicted octanol–water partition coefficient (Wildman–Crippen LogP) is 3.90. The van der Waals surface area contributed by atoms with E-state index in [4.69, 9.17) is 27.9 Å². The zero-order chi connectivity index (χ0) is 18.4. The van der Waals surface area contributed by atoms with Gasteiger partial charge in [-0.3, -0.25) is 4.79 Å². The Labute approximate surface area is 163 Å². The molecule has 1 aliphatic heterocycles. The second-order valence-electron chi connectivity index (χ2n) is 6.09. The molecule has 1 amide bonds. The molecule has 26 heavy (non-hydrogen) atoms. The lowest BCUT2D eigenvalue weighted by Gasteiger charge is -2.35. The number of carbonyl (C=O) groups excluding carboxylic acids is 1. The van der Waals surface area contributed by atoms with Crippen LogP contribution in [0, 0.1) is 0 Å². The van der Waals surface area contributed by atoms with Gasteiger partial charge in [0.25, 0.3) is 0 Å². The largest absolute Gasteiger partial charge is 0.494 e. The zero-order valence-electron chi connectivity index (χ0n) is 14.4. The van der Waals surface area contributed by atoms with E-state index in [-0.39, 0.29) is 5.91 Å². The molecule has 0 saturated carbocycles. The Hall–Kier alpha value is -1.98. The number of piperazine rings is 1. The van der Waals surface area contributed by atoms with E-state index in [0.717, 1.165) is 24.7 Å². The first kappa shape index (κ1) is 18.8. The van der Waals surface area contributed by atoms with Crippen molar-refractivity contribution in [3.63, 3.8) is 0 Å². The van der Waals surface area contributed by atoms with E-state index in [0.29, 0.717) is 42.7 Å². The first-order valence-corrected chi connectivity index (χ1v) is 9.41. The van der Waals surface area contributed by atoms with Crippen molar-refractivity contribution in [1.29, 1.82) is 0 Å². The summed E-state index contributed by atoms with van der Waals surface area (Å²) in [4.78, 5) is 20.7. The highest BCUT2D eigenvalue weighted by Crippen LogP contribution is 2.18. The maximum absolute atomic E-state index is 12.3. The highest BCUT2D eigenvalue weighted by Gasteiger charge is 2.21. The minimum atomic E-state index is 0.170. The van der Waals surface area contributed by atoms with Gasteiger partial charge in [-0.25, -0.2) is 4.98 Å². The second kappa shape index (κ2) is 9.10. The topological polar surface area (TPSA) is 45.7 Å². The van der Waals surface area contributed by atoms with Crippen molar-refractivity contribution >= 4 is 34.9 Å². The third-order valence-electron chi connectivity index (χ3n) is 4.27. The van der Waals surface area contributed by atoms with Crippen molar-refractivity contribution in [3.8, 4) is 5.75 Å². The molecule has 1 aromatic carbocycles. The van der Waals surface area contributed by atoms with Crippen molar-refractivity contribution in [2.45, 2.75) is 12.8 Å². The van der Waals surface area contributed by atoms with Crippen molar-refractivity contribution in [3.05, 3.63) is 52.6 Å². The number of benzene rings is 1. The van der Waals surface area contributed by atoms with Crippen LogP contribution < -0.4 is 9.64 Å². The van der Waals surface area contributed by atoms with Gasteiger partial charge in [-0.15, -0.1) is 0 Å². The average molecular weight is 394 g/mol. The summed E-state index contributed by atoms with van der Waals surface area (Å²) in [6, 6.07) is 12.8. The number of amides is 1. The highest BCUT2D eigenvalue weighted by molar-refractivity contribution is 6.30. The van der Waals surface area contributed by atoms with Gasteiger partial charge in [0.05, 0.1) is 6.61 Å². The monoisotopic (exact) mass is 393 g/mol. The van der Waals surface area contributed by atoms with E-state index in [1.807, 2.05) is 29.2 Å². The molecule has 2 heterocycles. The number of aromatic nitrogens is 1. The molecular weight excluding hydrogens is 373 g/mol. The van der Waals surface area contributed by atoms with E-state index in [1.165, 1.54) is 0 Å². The second-order valence-corrected chi connectivity index (χ2v) is 6.92. The van der Waals surface area contributed by atoms with Crippen molar-refractivity contribution in [2.75, 3.05) is 37.7 Å². The standard InChI is InChI=1S/C19H21Cl2N3O2/c20-15-6-8-16(9-7-15)26-14-2-5-19(25)24-12-10-23(11-13-24)18-4-1-3-17(21)22-18/h1,3-4,6-9H,2,5,10-14H2. The summed E-state index contributed by atoms with van der Waals surface area (Å²) in [6.45, 7) is 3.44. The molecule has 1 aromatic heterocycles. The number of nitrogens with zero attached hydrogens (tertiary/aromatic N) is 3. The Bertz CT molecular complexity index is 732. The maximum Gasteiger partial charge on any atom is 0.222 e. The van der Waals surface area contributed by atoms with Crippen molar-refractivity contribution in [1.82, 2.24) is 9.88 Å². The first-order chi connectivity index (χ1) is 12.6. The Morgan fingerprint density at radius 2 is 1.77 bits per heavy atom. The average Bonchev–Trinajstić information content (AvgIpc) is 2.66. The van der Waals surface area contributed by atoms with Gasteiger partial charge >= 0.3 is 0 Å². The van der Waals surface area contributed by atoms with Gasteiger partial charge in [0.1, 0.15) is 16.7 Å². The van der Waals surface area contributed by atoms with Crippen LogP contribution in [0.1, 0.15) is 12.8 Å². The van der Waals surface area contributed by atoms with Crippen LogP contribution in [-0.2, 0) is 4.79 Å². The number of pyridine rings is 1. The van der Waals surface area contributed by atoms with Crippen molar-refractivity contribution < 1.29 is 9.53 Å². The molecule has 0 bridgehead atoms. The number of halogens is 2. The Morgan fingerprint density at radius 3 is 2.46 bits per heavy atom. The van der Waals surface area contributed by atoms with E-state index in [1.54, 1.807) is 18.2 Å². The summed E-state index contributed by atoms with van der Waals surface area (Å²) in [6.07, 6.45) is 1.18. The molecule has 138 valence electrons. The van der Waals surface area contributed by atoms with E-state index in [2.05, 4.69) is 9.88 Å². The maximum atomic E-state index is 12.3. The van der Waals surface area contributed by atoms with E-state index >= 15 is 0 Å². The van der Waals surface area contributed by atoms with Crippen LogP contribution in [0.3, 0.4) is 0 Å². The lowest BCUT2D eigenvalue weighted by Crippen LogP contribution is -2.49. The van der Waals surface area contributed by atoms with Crippen LogP contribution in [0.4, 0.5) is 5.82 Å². The number of anilines is 1.